The van der Waals surface area contributed by atoms with Gasteiger partial charge in [0.25, 0.3) is 0 Å². The lowest BCUT2D eigenvalue weighted by Gasteiger charge is -2.22. The van der Waals surface area contributed by atoms with Gasteiger partial charge in [0, 0.05) is 41.6 Å². The van der Waals surface area contributed by atoms with Crippen LogP contribution in [0.25, 0.3) is 11.4 Å². The monoisotopic (exact) mass is 530 g/mol. The lowest BCUT2D eigenvalue weighted by Crippen LogP contribution is -2.35. The van der Waals surface area contributed by atoms with Crippen LogP contribution >= 0.6 is 11.6 Å². The highest BCUT2D eigenvalue weighted by atomic mass is 35.5. The molecule has 9 heteroatoms. The number of nitrogens with zero attached hydrogens (tertiary/aromatic N) is 3. The number of hydrogen-bond acceptors (Lipinski definition) is 7. The van der Waals surface area contributed by atoms with E-state index in [1.807, 2.05) is 53.4 Å². The number of ether oxygens (including phenoxy) is 3. The predicted octanol–water partition coefficient (Wildman–Crippen LogP) is 5.44. The Morgan fingerprint density at radius 2 is 1.63 bits per heavy atom. The van der Waals surface area contributed by atoms with Crippen LogP contribution in [0, 0.1) is 0 Å². The molecule has 38 heavy (non-hydrogen) atoms. The van der Waals surface area contributed by atoms with E-state index in [-0.39, 0.29) is 12.5 Å². The molecule has 0 saturated carbocycles. The van der Waals surface area contributed by atoms with Crippen LogP contribution in [0.15, 0.2) is 85.2 Å². The first-order valence-corrected chi connectivity index (χ1v) is 12.7. The highest BCUT2D eigenvalue weighted by Crippen LogP contribution is 2.36. The molecule has 0 fully saturated rings. The molecule has 0 atom stereocenters. The maximum atomic E-state index is 13.1. The zero-order chi connectivity index (χ0) is 26.2. The third-order valence-electron chi connectivity index (χ3n) is 5.83. The minimum Gasteiger partial charge on any atom is -0.487 e. The lowest BCUT2D eigenvalue weighted by atomic mass is 10.2. The van der Waals surface area contributed by atoms with Crippen molar-refractivity contribution in [2.45, 2.75) is 6.54 Å². The highest BCUT2D eigenvalue weighted by Gasteiger charge is 2.17. The minimum absolute atomic E-state index is 0.128. The normalized spacial score (nSPS) is 15.0. The number of benzene rings is 3. The van der Waals surface area contributed by atoms with Gasteiger partial charge < -0.3 is 19.5 Å². The zero-order valence-corrected chi connectivity index (χ0v) is 21.4. The van der Waals surface area contributed by atoms with Crippen LogP contribution in [-0.4, -0.2) is 53.7 Å². The Balaban J connectivity index is 1.34. The van der Waals surface area contributed by atoms with Crippen molar-refractivity contribution in [2.75, 3.05) is 38.2 Å². The number of amides is 1. The van der Waals surface area contributed by atoms with Crippen molar-refractivity contribution in [3.05, 3.63) is 95.8 Å². The number of nitrogens with one attached hydrogen (secondary N) is 1. The van der Waals surface area contributed by atoms with Gasteiger partial charge in [-0.1, -0.05) is 54.1 Å². The summed E-state index contributed by atoms with van der Waals surface area (Å²) in [5.74, 6) is 2.02. The van der Waals surface area contributed by atoms with E-state index in [0.29, 0.717) is 66.7 Å². The van der Waals surface area contributed by atoms with Crippen LogP contribution in [0.2, 0.25) is 5.02 Å². The summed E-state index contributed by atoms with van der Waals surface area (Å²) in [6.07, 6.45) is 3.58. The van der Waals surface area contributed by atoms with E-state index in [0.717, 1.165) is 11.1 Å². The Morgan fingerprint density at radius 1 is 0.868 bits per heavy atom. The standard InChI is InChI=1S/C29H27ClN4O4/c30-23-10-11-25-24(16-23)33-28(35)20-34(12-13-36-14-15-37-26-8-4-5-9-27(26)38-25)19-21-17-31-29(32-18-21)22-6-2-1-3-7-22/h1-11,16-18H,12-15,19-20H2,(H,33,35). The van der Waals surface area contributed by atoms with E-state index in [9.17, 15) is 4.79 Å². The number of anilines is 1. The number of hydrogen-bond donors (Lipinski definition) is 1. The molecule has 4 aromatic rings. The first kappa shape index (κ1) is 25.7. The van der Waals surface area contributed by atoms with E-state index in [1.54, 1.807) is 36.7 Å². The maximum Gasteiger partial charge on any atom is 0.238 e. The molecule has 0 radical (unpaired) electrons. The molecule has 0 bridgehead atoms. The third-order valence-corrected chi connectivity index (χ3v) is 6.07. The number of halogens is 1. The molecule has 8 nitrogen and oxygen atoms in total. The number of fused-ring (bicyclic) bond motifs is 2. The van der Waals surface area contributed by atoms with Crippen LogP contribution in [0.3, 0.4) is 0 Å². The highest BCUT2D eigenvalue weighted by molar-refractivity contribution is 6.31. The van der Waals surface area contributed by atoms with E-state index < -0.39 is 0 Å². The Hall–Kier alpha value is -3.98. The van der Waals surface area contributed by atoms with Gasteiger partial charge in [-0.2, -0.15) is 0 Å². The van der Waals surface area contributed by atoms with Crippen LogP contribution in [-0.2, 0) is 16.1 Å². The summed E-state index contributed by atoms with van der Waals surface area (Å²) in [6.45, 7) is 2.33. The molecule has 3 aromatic carbocycles. The molecule has 0 spiro atoms. The summed E-state index contributed by atoms with van der Waals surface area (Å²) in [6, 6.07) is 22.3. The van der Waals surface area contributed by atoms with Gasteiger partial charge in [-0.25, -0.2) is 9.97 Å². The van der Waals surface area contributed by atoms with Crippen LogP contribution in [0.5, 0.6) is 17.2 Å². The van der Waals surface area contributed by atoms with Gasteiger partial charge in [-0.3, -0.25) is 9.69 Å². The Bertz CT molecular complexity index is 1370. The number of para-hydroxylation sites is 2. The van der Waals surface area contributed by atoms with Crippen molar-refractivity contribution in [1.82, 2.24) is 14.9 Å². The fourth-order valence-corrected chi connectivity index (χ4v) is 4.18. The molecule has 1 aliphatic rings. The van der Waals surface area contributed by atoms with Crippen molar-refractivity contribution in [1.29, 1.82) is 0 Å². The van der Waals surface area contributed by atoms with Crippen LogP contribution in [0.4, 0.5) is 5.69 Å². The second-order valence-corrected chi connectivity index (χ2v) is 9.13. The van der Waals surface area contributed by atoms with Crippen molar-refractivity contribution in [2.24, 2.45) is 0 Å². The number of rotatable bonds is 3. The first-order chi connectivity index (χ1) is 18.6. The average Bonchev–Trinajstić information content (AvgIpc) is 2.93. The molecule has 0 unspecified atom stereocenters. The molecular formula is C29H27ClN4O4. The molecule has 0 aliphatic carbocycles. The lowest BCUT2D eigenvalue weighted by molar-refractivity contribution is -0.117. The van der Waals surface area contributed by atoms with Gasteiger partial charge in [-0.15, -0.1) is 0 Å². The quantitative estimate of drug-likeness (QED) is 0.377. The molecular weight excluding hydrogens is 504 g/mol. The van der Waals surface area contributed by atoms with E-state index in [1.165, 1.54) is 0 Å². The number of aromatic nitrogens is 2. The summed E-state index contributed by atoms with van der Waals surface area (Å²) in [4.78, 5) is 24.1. The van der Waals surface area contributed by atoms with Crippen molar-refractivity contribution < 1.29 is 19.0 Å². The number of carbonyl (C=O) groups is 1. The van der Waals surface area contributed by atoms with Crippen LogP contribution in [0.1, 0.15) is 5.56 Å². The fraction of sp³-hybridized carbons (Fsp3) is 0.207. The zero-order valence-electron chi connectivity index (χ0n) is 20.7. The second-order valence-electron chi connectivity index (χ2n) is 8.69. The van der Waals surface area contributed by atoms with Gasteiger partial charge in [0.1, 0.15) is 6.61 Å². The van der Waals surface area contributed by atoms with Gasteiger partial charge in [0.2, 0.25) is 5.91 Å². The third kappa shape index (κ3) is 6.86. The predicted molar refractivity (Wildman–Crippen MR) is 146 cm³/mol. The van der Waals surface area contributed by atoms with E-state index in [2.05, 4.69) is 15.3 Å². The molecule has 194 valence electrons. The van der Waals surface area contributed by atoms with Crippen molar-refractivity contribution in [3.63, 3.8) is 0 Å². The summed E-state index contributed by atoms with van der Waals surface area (Å²) >= 11 is 6.24. The van der Waals surface area contributed by atoms with Crippen molar-refractivity contribution in [3.8, 4) is 28.6 Å². The van der Waals surface area contributed by atoms with Gasteiger partial charge >= 0.3 is 0 Å². The van der Waals surface area contributed by atoms with E-state index in [4.69, 9.17) is 25.8 Å². The van der Waals surface area contributed by atoms with Crippen molar-refractivity contribution >= 4 is 23.2 Å². The molecule has 1 aromatic heterocycles. The smallest absolute Gasteiger partial charge is 0.238 e. The summed E-state index contributed by atoms with van der Waals surface area (Å²) in [5, 5.41) is 3.43. The summed E-state index contributed by atoms with van der Waals surface area (Å²) < 4.78 is 17.8. The molecule has 5 rings (SSSR count). The Morgan fingerprint density at radius 3 is 2.45 bits per heavy atom. The number of carbonyl (C=O) groups excluding carboxylic acids is 1. The first-order valence-electron chi connectivity index (χ1n) is 12.3. The SMILES string of the molecule is O=C1CN(Cc2cnc(-c3ccccc3)nc2)CCOCCOc2ccccc2Oc2ccc(Cl)cc2N1. The topological polar surface area (TPSA) is 85.8 Å². The Labute approximate surface area is 226 Å². The van der Waals surface area contributed by atoms with Crippen LogP contribution < -0.4 is 14.8 Å². The van der Waals surface area contributed by atoms with E-state index >= 15 is 0 Å². The molecule has 0 saturated heterocycles. The average molecular weight is 531 g/mol. The molecule has 1 amide bonds. The second kappa shape index (κ2) is 12.5. The molecule has 2 heterocycles. The van der Waals surface area contributed by atoms with Gasteiger partial charge in [-0.05, 0) is 30.3 Å². The summed E-state index contributed by atoms with van der Waals surface area (Å²) in [5.41, 5.74) is 2.31. The van der Waals surface area contributed by atoms with Gasteiger partial charge in [0.05, 0.1) is 25.4 Å². The fourth-order valence-electron chi connectivity index (χ4n) is 4.01. The summed E-state index contributed by atoms with van der Waals surface area (Å²) in [7, 11) is 0. The molecule has 1 aliphatic heterocycles. The Kier molecular flexibility index (Phi) is 8.45. The largest absolute Gasteiger partial charge is 0.487 e. The molecule has 1 N–H and O–H groups in total. The minimum atomic E-state index is -0.210. The van der Waals surface area contributed by atoms with Gasteiger partial charge in [0.15, 0.2) is 23.1 Å². The maximum absolute atomic E-state index is 13.1.